The zero-order chi connectivity index (χ0) is 14.7. The summed E-state index contributed by atoms with van der Waals surface area (Å²) in [5, 5.41) is 0. The van der Waals surface area contributed by atoms with Crippen LogP contribution in [-0.4, -0.2) is 29.6 Å². The Labute approximate surface area is 125 Å². The van der Waals surface area contributed by atoms with Crippen molar-refractivity contribution in [1.82, 2.24) is 4.90 Å². The number of aryl methyl sites for hydroxylation is 1. The Balaban J connectivity index is 1.91. The van der Waals surface area contributed by atoms with Gasteiger partial charge in [-0.15, -0.1) is 11.8 Å². The van der Waals surface area contributed by atoms with Gasteiger partial charge in [-0.05, 0) is 48.9 Å². The lowest BCUT2D eigenvalue weighted by atomic mass is 9.92. The SMILES string of the molecule is Cc1cc(N)ccc1SCC(=O)N1CC(C)CC(C)C1. The third-order valence-electron chi connectivity index (χ3n) is 3.77. The summed E-state index contributed by atoms with van der Waals surface area (Å²) in [4.78, 5) is 15.5. The maximum Gasteiger partial charge on any atom is 0.232 e. The summed E-state index contributed by atoms with van der Waals surface area (Å²) in [6.45, 7) is 8.31. The van der Waals surface area contributed by atoms with Crippen molar-refractivity contribution in [3.8, 4) is 0 Å². The Morgan fingerprint density at radius 3 is 2.60 bits per heavy atom. The molecule has 1 aliphatic rings. The lowest BCUT2D eigenvalue weighted by Gasteiger charge is -2.35. The Bertz CT molecular complexity index is 479. The number of likely N-dealkylation sites (tertiary alicyclic amines) is 1. The summed E-state index contributed by atoms with van der Waals surface area (Å²) in [7, 11) is 0. The van der Waals surface area contributed by atoms with Crippen molar-refractivity contribution >= 4 is 23.4 Å². The predicted molar refractivity (Wildman–Crippen MR) is 85.8 cm³/mol. The fourth-order valence-electron chi connectivity index (χ4n) is 2.93. The molecule has 2 N–H and O–H groups in total. The molecular weight excluding hydrogens is 268 g/mol. The number of anilines is 1. The first kappa shape index (κ1) is 15.2. The number of rotatable bonds is 3. The van der Waals surface area contributed by atoms with E-state index in [1.54, 1.807) is 11.8 Å². The van der Waals surface area contributed by atoms with Gasteiger partial charge in [0.2, 0.25) is 5.91 Å². The summed E-state index contributed by atoms with van der Waals surface area (Å²) in [5.74, 6) is 2.01. The van der Waals surface area contributed by atoms with Crippen molar-refractivity contribution in [2.45, 2.75) is 32.1 Å². The van der Waals surface area contributed by atoms with Crippen LogP contribution >= 0.6 is 11.8 Å². The minimum atomic E-state index is 0.254. The van der Waals surface area contributed by atoms with Gasteiger partial charge in [0.25, 0.3) is 0 Å². The highest BCUT2D eigenvalue weighted by atomic mass is 32.2. The summed E-state index contributed by atoms with van der Waals surface area (Å²) < 4.78 is 0. The molecular formula is C16H24N2OS. The highest BCUT2D eigenvalue weighted by Crippen LogP contribution is 2.26. The van der Waals surface area contributed by atoms with Gasteiger partial charge in [0.05, 0.1) is 5.75 Å². The van der Waals surface area contributed by atoms with E-state index in [9.17, 15) is 4.79 Å². The molecule has 0 radical (unpaired) electrons. The molecule has 1 heterocycles. The fourth-order valence-corrected chi connectivity index (χ4v) is 3.84. The number of hydrogen-bond donors (Lipinski definition) is 1. The molecule has 1 aromatic rings. The van der Waals surface area contributed by atoms with Crippen LogP contribution in [-0.2, 0) is 4.79 Å². The molecule has 0 aromatic heterocycles. The van der Waals surface area contributed by atoms with Crippen molar-refractivity contribution in [3.05, 3.63) is 23.8 Å². The molecule has 0 saturated carbocycles. The van der Waals surface area contributed by atoms with E-state index in [0.29, 0.717) is 17.6 Å². The summed E-state index contributed by atoms with van der Waals surface area (Å²) in [6, 6.07) is 5.85. The van der Waals surface area contributed by atoms with E-state index in [4.69, 9.17) is 5.73 Å². The normalized spacial score (nSPS) is 22.9. The Kier molecular flexibility index (Phi) is 4.97. The third-order valence-corrected chi connectivity index (χ3v) is 4.93. The van der Waals surface area contributed by atoms with Gasteiger partial charge in [0.15, 0.2) is 0 Å². The Hall–Kier alpha value is -1.16. The molecule has 1 aliphatic heterocycles. The second-order valence-electron chi connectivity index (χ2n) is 6.06. The molecule has 2 rings (SSSR count). The topological polar surface area (TPSA) is 46.3 Å². The molecule has 20 heavy (non-hydrogen) atoms. The smallest absolute Gasteiger partial charge is 0.232 e. The van der Waals surface area contributed by atoms with Gasteiger partial charge in [0.1, 0.15) is 0 Å². The van der Waals surface area contributed by atoms with Crippen LogP contribution in [0.15, 0.2) is 23.1 Å². The average molecular weight is 292 g/mol. The maximum atomic E-state index is 12.3. The highest BCUT2D eigenvalue weighted by Gasteiger charge is 2.25. The van der Waals surface area contributed by atoms with Crippen molar-refractivity contribution in [3.63, 3.8) is 0 Å². The number of carbonyl (C=O) groups excluding carboxylic acids is 1. The maximum absolute atomic E-state index is 12.3. The number of amides is 1. The van der Waals surface area contributed by atoms with E-state index in [1.807, 2.05) is 30.0 Å². The molecule has 2 unspecified atom stereocenters. The fraction of sp³-hybridized carbons (Fsp3) is 0.562. The van der Waals surface area contributed by atoms with Gasteiger partial charge in [0, 0.05) is 23.7 Å². The number of benzene rings is 1. The number of carbonyl (C=O) groups is 1. The van der Waals surface area contributed by atoms with Gasteiger partial charge in [-0.2, -0.15) is 0 Å². The average Bonchev–Trinajstić information content (AvgIpc) is 2.36. The minimum Gasteiger partial charge on any atom is -0.399 e. The minimum absolute atomic E-state index is 0.254. The second-order valence-corrected chi connectivity index (χ2v) is 7.08. The van der Waals surface area contributed by atoms with Crippen LogP contribution in [0.2, 0.25) is 0 Å². The Morgan fingerprint density at radius 2 is 2.00 bits per heavy atom. The van der Waals surface area contributed by atoms with Crippen molar-refractivity contribution < 1.29 is 4.79 Å². The molecule has 4 heteroatoms. The van der Waals surface area contributed by atoms with Gasteiger partial charge in [-0.3, -0.25) is 4.79 Å². The molecule has 1 saturated heterocycles. The van der Waals surface area contributed by atoms with Crippen LogP contribution in [0.25, 0.3) is 0 Å². The molecule has 0 spiro atoms. The zero-order valence-electron chi connectivity index (χ0n) is 12.6. The van der Waals surface area contributed by atoms with Crippen LogP contribution in [0, 0.1) is 18.8 Å². The quantitative estimate of drug-likeness (QED) is 0.687. The van der Waals surface area contributed by atoms with E-state index >= 15 is 0 Å². The van der Waals surface area contributed by atoms with Crippen molar-refractivity contribution in [2.24, 2.45) is 11.8 Å². The largest absolute Gasteiger partial charge is 0.399 e. The number of nitrogens with two attached hydrogens (primary N) is 1. The lowest BCUT2D eigenvalue weighted by molar-refractivity contribution is -0.130. The third kappa shape index (κ3) is 3.92. The monoisotopic (exact) mass is 292 g/mol. The first-order valence-corrected chi connectivity index (χ1v) is 8.21. The number of nitrogen functional groups attached to an aromatic ring is 1. The molecule has 0 aliphatic carbocycles. The van der Waals surface area contributed by atoms with Crippen LogP contribution in [0.4, 0.5) is 5.69 Å². The standard InChI is InChI=1S/C16H24N2OS/c1-11-6-12(2)9-18(8-11)16(19)10-20-15-5-4-14(17)7-13(15)3/h4-5,7,11-12H,6,8-10,17H2,1-3H3. The number of thioether (sulfide) groups is 1. The van der Waals surface area contributed by atoms with E-state index in [-0.39, 0.29) is 5.91 Å². The summed E-state index contributed by atoms with van der Waals surface area (Å²) >= 11 is 1.61. The molecule has 0 bridgehead atoms. The van der Waals surface area contributed by atoms with E-state index < -0.39 is 0 Å². The van der Waals surface area contributed by atoms with E-state index in [2.05, 4.69) is 13.8 Å². The van der Waals surface area contributed by atoms with Gasteiger partial charge < -0.3 is 10.6 Å². The molecule has 1 amide bonds. The molecule has 2 atom stereocenters. The van der Waals surface area contributed by atoms with Gasteiger partial charge in [-0.1, -0.05) is 13.8 Å². The highest BCUT2D eigenvalue weighted by molar-refractivity contribution is 8.00. The van der Waals surface area contributed by atoms with Crippen molar-refractivity contribution in [2.75, 3.05) is 24.6 Å². The van der Waals surface area contributed by atoms with E-state index in [1.165, 1.54) is 6.42 Å². The lowest BCUT2D eigenvalue weighted by Crippen LogP contribution is -2.43. The van der Waals surface area contributed by atoms with Crippen LogP contribution in [0.3, 0.4) is 0 Å². The van der Waals surface area contributed by atoms with Gasteiger partial charge in [-0.25, -0.2) is 0 Å². The number of hydrogen-bond acceptors (Lipinski definition) is 3. The number of piperidine rings is 1. The van der Waals surface area contributed by atoms with Crippen molar-refractivity contribution in [1.29, 1.82) is 0 Å². The molecule has 3 nitrogen and oxygen atoms in total. The van der Waals surface area contributed by atoms with Crippen LogP contribution in [0.1, 0.15) is 25.8 Å². The van der Waals surface area contributed by atoms with Crippen LogP contribution in [0.5, 0.6) is 0 Å². The molecule has 1 fully saturated rings. The van der Waals surface area contributed by atoms with Gasteiger partial charge >= 0.3 is 0 Å². The zero-order valence-corrected chi connectivity index (χ0v) is 13.4. The first-order valence-electron chi connectivity index (χ1n) is 7.22. The predicted octanol–water partition coefficient (Wildman–Crippen LogP) is 3.17. The molecule has 110 valence electrons. The summed E-state index contributed by atoms with van der Waals surface area (Å²) in [5.41, 5.74) is 7.66. The summed E-state index contributed by atoms with van der Waals surface area (Å²) in [6.07, 6.45) is 1.23. The van der Waals surface area contributed by atoms with E-state index in [0.717, 1.165) is 29.2 Å². The second kappa shape index (κ2) is 6.53. The van der Waals surface area contributed by atoms with Crippen LogP contribution < -0.4 is 5.73 Å². The Morgan fingerprint density at radius 1 is 1.35 bits per heavy atom. The molecule has 1 aromatic carbocycles. The first-order chi connectivity index (χ1) is 9.45. The number of nitrogens with zero attached hydrogens (tertiary/aromatic N) is 1.